The van der Waals surface area contributed by atoms with Crippen LogP contribution in [0.15, 0.2) is 59.5 Å². The second-order valence-electron chi connectivity index (χ2n) is 5.76. The number of hydrogen-bond donors (Lipinski definition) is 1. The number of para-hydroxylation sites is 1. The molecule has 0 bridgehead atoms. The molecule has 6 heteroatoms. The van der Waals surface area contributed by atoms with E-state index in [9.17, 15) is 9.59 Å². The highest BCUT2D eigenvalue weighted by Crippen LogP contribution is 2.34. The van der Waals surface area contributed by atoms with Crippen molar-refractivity contribution in [3.8, 4) is 0 Å². The van der Waals surface area contributed by atoms with Gasteiger partial charge in [0.25, 0.3) is 0 Å². The van der Waals surface area contributed by atoms with Gasteiger partial charge in [-0.1, -0.05) is 42.5 Å². The maximum atomic E-state index is 12.7. The van der Waals surface area contributed by atoms with Gasteiger partial charge >= 0.3 is 5.97 Å². The molecule has 0 aliphatic carbocycles. The second kappa shape index (κ2) is 8.18. The lowest BCUT2D eigenvalue weighted by molar-refractivity contribution is -0.146. The predicted octanol–water partition coefficient (Wildman–Crippen LogP) is 2.59. The van der Waals surface area contributed by atoms with Crippen molar-refractivity contribution < 1.29 is 14.3 Å². The lowest BCUT2D eigenvalue weighted by Gasteiger charge is -2.30. The minimum atomic E-state index is -0.903. The summed E-state index contributed by atoms with van der Waals surface area (Å²) in [6.07, 6.45) is -0.128. The molecule has 5 nitrogen and oxygen atoms in total. The average molecular weight is 356 g/mol. The number of fused-ring (bicyclic) bond motifs is 1. The first-order chi connectivity index (χ1) is 12.1. The highest BCUT2D eigenvalue weighted by molar-refractivity contribution is 7.99. The number of rotatable bonds is 5. The normalized spacial score (nSPS) is 14.5. The zero-order valence-corrected chi connectivity index (χ0v) is 14.6. The molecule has 0 saturated carbocycles. The van der Waals surface area contributed by atoms with Gasteiger partial charge in [0.05, 0.1) is 18.2 Å². The van der Waals surface area contributed by atoms with Gasteiger partial charge in [-0.15, -0.1) is 11.8 Å². The molecule has 0 unspecified atom stereocenters. The summed E-state index contributed by atoms with van der Waals surface area (Å²) >= 11 is 1.71. The van der Waals surface area contributed by atoms with Crippen LogP contribution in [-0.2, 0) is 20.9 Å². The molecule has 2 aromatic rings. The van der Waals surface area contributed by atoms with Crippen LogP contribution in [0.5, 0.6) is 0 Å². The van der Waals surface area contributed by atoms with Gasteiger partial charge in [0.1, 0.15) is 6.61 Å². The van der Waals surface area contributed by atoms with Gasteiger partial charge in [0, 0.05) is 17.2 Å². The van der Waals surface area contributed by atoms with Gasteiger partial charge in [-0.05, 0) is 17.7 Å². The van der Waals surface area contributed by atoms with E-state index in [0.29, 0.717) is 6.54 Å². The van der Waals surface area contributed by atoms with E-state index in [2.05, 4.69) is 0 Å². The molecule has 1 aliphatic heterocycles. The van der Waals surface area contributed by atoms with E-state index >= 15 is 0 Å². The highest BCUT2D eigenvalue weighted by atomic mass is 32.2. The predicted molar refractivity (Wildman–Crippen MR) is 98.3 cm³/mol. The smallest absolute Gasteiger partial charge is 0.308 e. The minimum absolute atomic E-state index is 0.128. The van der Waals surface area contributed by atoms with E-state index in [-0.39, 0.29) is 18.9 Å². The fourth-order valence-corrected chi connectivity index (χ4v) is 3.66. The SMILES string of the molecule is N[C@@H](CC(=O)OCc1ccccc1)C(=O)N1CCSc2ccccc21. The van der Waals surface area contributed by atoms with Crippen LogP contribution in [0.1, 0.15) is 12.0 Å². The molecule has 0 saturated heterocycles. The van der Waals surface area contributed by atoms with Crippen molar-refractivity contribution in [3.63, 3.8) is 0 Å². The minimum Gasteiger partial charge on any atom is -0.461 e. The lowest BCUT2D eigenvalue weighted by atomic mass is 10.1. The molecular weight excluding hydrogens is 336 g/mol. The summed E-state index contributed by atoms with van der Waals surface area (Å²) in [5.41, 5.74) is 7.74. The number of anilines is 1. The molecule has 0 spiro atoms. The topological polar surface area (TPSA) is 72.6 Å². The van der Waals surface area contributed by atoms with E-state index in [0.717, 1.165) is 21.9 Å². The molecule has 1 heterocycles. The van der Waals surface area contributed by atoms with Gasteiger partial charge in [0.15, 0.2) is 0 Å². The van der Waals surface area contributed by atoms with Gasteiger partial charge < -0.3 is 15.4 Å². The zero-order valence-electron chi connectivity index (χ0n) is 13.8. The number of benzene rings is 2. The van der Waals surface area contributed by atoms with Crippen LogP contribution >= 0.6 is 11.8 Å². The number of amides is 1. The van der Waals surface area contributed by atoms with Crippen molar-refractivity contribution in [1.82, 2.24) is 0 Å². The van der Waals surface area contributed by atoms with E-state index in [4.69, 9.17) is 10.5 Å². The quantitative estimate of drug-likeness (QED) is 0.834. The van der Waals surface area contributed by atoms with Crippen molar-refractivity contribution in [2.45, 2.75) is 24.0 Å². The standard InChI is InChI=1S/C19H20N2O3S/c20-15(12-18(22)24-13-14-6-2-1-3-7-14)19(23)21-10-11-25-17-9-5-4-8-16(17)21/h1-9,15H,10-13,20H2/t15-/m0/s1. The van der Waals surface area contributed by atoms with Gasteiger partial charge in [0.2, 0.25) is 5.91 Å². The summed E-state index contributed by atoms with van der Waals surface area (Å²) in [7, 11) is 0. The first-order valence-electron chi connectivity index (χ1n) is 8.13. The molecule has 3 rings (SSSR count). The zero-order chi connectivity index (χ0) is 17.6. The summed E-state index contributed by atoms with van der Waals surface area (Å²) in [5.74, 6) is 0.0993. The lowest BCUT2D eigenvalue weighted by Crippen LogP contribution is -2.47. The Morgan fingerprint density at radius 2 is 1.84 bits per heavy atom. The first-order valence-corrected chi connectivity index (χ1v) is 9.12. The Bertz CT molecular complexity index is 751. The Hall–Kier alpha value is -2.31. The maximum Gasteiger partial charge on any atom is 0.308 e. The molecule has 2 aromatic carbocycles. The molecular formula is C19H20N2O3S. The molecule has 25 heavy (non-hydrogen) atoms. The van der Waals surface area contributed by atoms with Crippen LogP contribution in [-0.4, -0.2) is 30.2 Å². The highest BCUT2D eigenvalue weighted by Gasteiger charge is 2.28. The number of nitrogens with two attached hydrogens (primary N) is 1. The molecule has 0 fully saturated rings. The molecule has 1 atom stereocenters. The third kappa shape index (κ3) is 4.41. The van der Waals surface area contributed by atoms with Crippen LogP contribution in [0.4, 0.5) is 5.69 Å². The fourth-order valence-electron chi connectivity index (χ4n) is 2.66. The summed E-state index contributed by atoms with van der Waals surface area (Å²) in [4.78, 5) is 27.4. The first kappa shape index (κ1) is 17.5. The monoisotopic (exact) mass is 356 g/mol. The largest absolute Gasteiger partial charge is 0.461 e. The number of esters is 1. The van der Waals surface area contributed by atoms with E-state index < -0.39 is 12.0 Å². The average Bonchev–Trinajstić information content (AvgIpc) is 2.66. The van der Waals surface area contributed by atoms with Crippen LogP contribution in [0.2, 0.25) is 0 Å². The number of ether oxygens (including phenoxy) is 1. The number of nitrogens with zero attached hydrogens (tertiary/aromatic N) is 1. The molecule has 0 radical (unpaired) electrons. The van der Waals surface area contributed by atoms with Crippen molar-refractivity contribution in [1.29, 1.82) is 0 Å². The summed E-state index contributed by atoms with van der Waals surface area (Å²) in [6.45, 7) is 0.775. The molecule has 1 amide bonds. The molecule has 130 valence electrons. The Kier molecular flexibility index (Phi) is 5.73. The van der Waals surface area contributed by atoms with Crippen molar-refractivity contribution in [3.05, 3.63) is 60.2 Å². The fraction of sp³-hybridized carbons (Fsp3) is 0.263. The van der Waals surface area contributed by atoms with E-state index in [1.807, 2.05) is 54.6 Å². The van der Waals surface area contributed by atoms with Gasteiger partial charge in [-0.25, -0.2) is 0 Å². The Morgan fingerprint density at radius 1 is 1.12 bits per heavy atom. The number of thioether (sulfide) groups is 1. The summed E-state index contributed by atoms with van der Waals surface area (Å²) in [5, 5.41) is 0. The maximum absolute atomic E-state index is 12.7. The number of hydrogen-bond acceptors (Lipinski definition) is 5. The molecule has 2 N–H and O–H groups in total. The number of carbonyl (C=O) groups is 2. The second-order valence-corrected chi connectivity index (χ2v) is 6.90. The molecule has 1 aliphatic rings. The van der Waals surface area contributed by atoms with Crippen LogP contribution in [0, 0.1) is 0 Å². The van der Waals surface area contributed by atoms with Crippen molar-refractivity contribution >= 4 is 29.3 Å². The molecule has 0 aromatic heterocycles. The van der Waals surface area contributed by atoms with E-state index in [1.165, 1.54) is 0 Å². The van der Waals surface area contributed by atoms with Gasteiger partial charge in [-0.3, -0.25) is 9.59 Å². The van der Waals surface area contributed by atoms with Crippen molar-refractivity contribution in [2.24, 2.45) is 5.73 Å². The third-order valence-electron chi connectivity index (χ3n) is 3.94. The Balaban J connectivity index is 1.57. The van der Waals surface area contributed by atoms with Crippen LogP contribution in [0.25, 0.3) is 0 Å². The van der Waals surface area contributed by atoms with Crippen LogP contribution < -0.4 is 10.6 Å². The number of carbonyl (C=O) groups excluding carboxylic acids is 2. The third-order valence-corrected chi connectivity index (χ3v) is 4.98. The van der Waals surface area contributed by atoms with Gasteiger partial charge in [-0.2, -0.15) is 0 Å². The van der Waals surface area contributed by atoms with E-state index in [1.54, 1.807) is 16.7 Å². The van der Waals surface area contributed by atoms with Crippen LogP contribution in [0.3, 0.4) is 0 Å². The Morgan fingerprint density at radius 3 is 2.64 bits per heavy atom. The summed E-state index contributed by atoms with van der Waals surface area (Å²) in [6, 6.07) is 16.2. The van der Waals surface area contributed by atoms with Crippen molar-refractivity contribution in [2.75, 3.05) is 17.2 Å². The summed E-state index contributed by atoms with van der Waals surface area (Å²) < 4.78 is 5.21. The Labute approximate surface area is 151 Å².